The fourth-order valence-electron chi connectivity index (χ4n) is 8.60. The third-order valence-electron chi connectivity index (χ3n) is 11.8. The van der Waals surface area contributed by atoms with E-state index >= 15 is 0 Å². The first kappa shape index (κ1) is 42.6. The zero-order valence-corrected chi connectivity index (χ0v) is 39.4. The van der Waals surface area contributed by atoms with Crippen LogP contribution in [-0.2, 0) is 25.5 Å². The molecular weight excluding hydrogens is 965 g/mol. The van der Waals surface area contributed by atoms with Crippen LogP contribution in [0.15, 0.2) is 161 Å². The minimum Gasteiger partial charge on any atom is -0.501 e. The predicted octanol–water partition coefficient (Wildman–Crippen LogP) is 15.4. The summed E-state index contributed by atoms with van der Waals surface area (Å²) in [7, 11) is 0. The molecule has 0 unspecified atom stereocenters. The van der Waals surface area contributed by atoms with Crippen molar-refractivity contribution in [3.8, 4) is 39.6 Å². The van der Waals surface area contributed by atoms with Gasteiger partial charge in [0.15, 0.2) is 0 Å². The van der Waals surface area contributed by atoms with Crippen LogP contribution in [0.3, 0.4) is 0 Å². The molecule has 7 aromatic carbocycles. The second-order valence-electron chi connectivity index (χ2n) is 17.9. The summed E-state index contributed by atoms with van der Waals surface area (Å²) in [5, 5.41) is 4.16. The topological polar surface area (TPSA) is 69.9 Å². The number of nitrogens with zero attached hydrogens (tertiary/aromatic N) is 4. The quantitative estimate of drug-likeness (QED) is 0.155. The Balaban J connectivity index is 0.000000258. The van der Waals surface area contributed by atoms with Crippen molar-refractivity contribution in [1.29, 1.82) is 0 Å². The van der Waals surface area contributed by atoms with Crippen LogP contribution in [0.2, 0.25) is 0 Å². The van der Waals surface area contributed by atoms with Gasteiger partial charge in [0, 0.05) is 59.3 Å². The Labute approximate surface area is 387 Å². The maximum atomic E-state index is 6.76. The fourth-order valence-corrected chi connectivity index (χ4v) is 8.60. The average Bonchev–Trinajstić information content (AvgIpc) is 3.99. The Kier molecular flexibility index (Phi) is 11.4. The Morgan fingerprint density at radius 1 is 0.578 bits per heavy atom. The molecule has 0 atom stereocenters. The van der Waals surface area contributed by atoms with Crippen molar-refractivity contribution in [2.24, 2.45) is 0 Å². The second-order valence-corrected chi connectivity index (χ2v) is 17.9. The van der Waals surface area contributed by atoms with Gasteiger partial charge in [0.2, 0.25) is 0 Å². The van der Waals surface area contributed by atoms with Crippen molar-refractivity contribution in [2.75, 3.05) is 0 Å². The number of benzene rings is 7. The van der Waals surface area contributed by atoms with Crippen molar-refractivity contribution >= 4 is 54.9 Å². The minimum absolute atomic E-state index is 0. The molecule has 6 nitrogen and oxygen atoms in total. The van der Waals surface area contributed by atoms with Gasteiger partial charge in [-0.1, -0.05) is 120 Å². The van der Waals surface area contributed by atoms with Gasteiger partial charge in [-0.3, -0.25) is 15.0 Å². The fraction of sp³-hybridized carbons (Fsp3) is 0.175. The number of hydrogen-bond acceptors (Lipinski definition) is 5. The van der Waals surface area contributed by atoms with Gasteiger partial charge < -0.3 is 13.4 Å². The first-order valence-electron chi connectivity index (χ1n) is 21.7. The summed E-state index contributed by atoms with van der Waals surface area (Å²) in [5.41, 5.74) is 14.4. The molecule has 0 aliphatic rings. The summed E-state index contributed by atoms with van der Waals surface area (Å²) in [6, 6.07) is 56.7. The Hall–Kier alpha value is -6.66. The molecule has 4 heterocycles. The number of para-hydroxylation sites is 3. The van der Waals surface area contributed by atoms with Gasteiger partial charge >= 0.3 is 0 Å². The largest absolute Gasteiger partial charge is 0.501 e. The molecule has 0 saturated carbocycles. The van der Waals surface area contributed by atoms with Gasteiger partial charge in [0.05, 0.1) is 28.3 Å². The van der Waals surface area contributed by atoms with E-state index in [1.165, 1.54) is 27.9 Å². The zero-order chi connectivity index (χ0) is 43.4. The van der Waals surface area contributed by atoms with E-state index in [1.54, 1.807) is 0 Å². The molecule has 64 heavy (non-hydrogen) atoms. The number of aromatic nitrogens is 4. The van der Waals surface area contributed by atoms with Gasteiger partial charge in [-0.25, -0.2) is 0 Å². The van der Waals surface area contributed by atoms with E-state index in [-0.39, 0.29) is 37.4 Å². The molecule has 7 heteroatoms. The van der Waals surface area contributed by atoms with E-state index in [0.717, 1.165) is 83.4 Å². The molecule has 11 aromatic rings. The van der Waals surface area contributed by atoms with Gasteiger partial charge in [0.1, 0.15) is 16.7 Å². The normalized spacial score (nSPS) is 11.8. The molecule has 0 amide bonds. The van der Waals surface area contributed by atoms with Gasteiger partial charge in [-0.2, -0.15) is 0 Å². The van der Waals surface area contributed by atoms with Crippen molar-refractivity contribution in [3.05, 3.63) is 181 Å². The maximum Gasteiger partial charge on any atom is 0.136 e. The monoisotopic (exact) mass is 1010 g/mol. The Morgan fingerprint density at radius 2 is 1.25 bits per heavy atom. The third kappa shape index (κ3) is 7.74. The van der Waals surface area contributed by atoms with E-state index in [0.29, 0.717) is 0 Å². The molecule has 0 N–H and O–H groups in total. The van der Waals surface area contributed by atoms with E-state index in [2.05, 4.69) is 166 Å². The number of rotatable bonds is 6. The predicted molar refractivity (Wildman–Crippen MR) is 259 cm³/mol. The third-order valence-corrected chi connectivity index (χ3v) is 11.8. The van der Waals surface area contributed by atoms with Crippen LogP contribution in [0.25, 0.3) is 94.5 Å². The van der Waals surface area contributed by atoms with E-state index < -0.39 is 0 Å². The van der Waals surface area contributed by atoms with Gasteiger partial charge in [0.25, 0.3) is 0 Å². The molecule has 319 valence electrons. The number of furan rings is 2. The Morgan fingerprint density at radius 3 is 1.97 bits per heavy atom. The van der Waals surface area contributed by atoms with Crippen LogP contribution in [0.4, 0.5) is 0 Å². The number of hydrogen-bond donors (Lipinski definition) is 0. The molecule has 0 aliphatic carbocycles. The van der Waals surface area contributed by atoms with E-state index in [4.69, 9.17) is 13.8 Å². The van der Waals surface area contributed by atoms with Crippen LogP contribution < -0.4 is 0 Å². The molecular formula is C57H48IrN4O2-2. The standard InChI is InChI=1S/C43H33N2O2.C14H15N2.Ir/c1-25(2)32-21-28(27-13-6-5-7-14-27)22-33(26(3)4)41(32)45-37-19-10-9-18-36(37)44-43(45)31-17-12-16-30-35-24-39-34(23-40(35)47-42(30)31)29-15-8-11-20-38(29)46-39;1-14(2,3)12-9-10-15-13(16-12)11-7-5-4-6-8-11;/h5-16,18-26H,1-4H3;4-7,9-10H,1-3H3;/q2*-1;. The average molecular weight is 1010 g/mol. The summed E-state index contributed by atoms with van der Waals surface area (Å²) < 4.78 is 15.4. The van der Waals surface area contributed by atoms with Crippen molar-refractivity contribution < 1.29 is 28.9 Å². The van der Waals surface area contributed by atoms with Crippen molar-refractivity contribution in [3.63, 3.8) is 0 Å². The van der Waals surface area contributed by atoms with Crippen molar-refractivity contribution in [1.82, 2.24) is 19.5 Å². The molecule has 11 rings (SSSR count). The maximum absolute atomic E-state index is 6.76. The van der Waals surface area contributed by atoms with Crippen LogP contribution in [0, 0.1) is 12.1 Å². The molecule has 0 saturated heterocycles. The van der Waals surface area contributed by atoms with Crippen LogP contribution >= 0.6 is 0 Å². The zero-order valence-electron chi connectivity index (χ0n) is 37.0. The Bertz CT molecular complexity index is 3420. The van der Waals surface area contributed by atoms with Crippen LogP contribution in [-0.4, -0.2) is 19.5 Å². The summed E-state index contributed by atoms with van der Waals surface area (Å²) in [5.74, 6) is 2.11. The number of fused-ring (bicyclic) bond motifs is 7. The first-order valence-corrected chi connectivity index (χ1v) is 21.7. The van der Waals surface area contributed by atoms with E-state index in [9.17, 15) is 0 Å². The summed E-state index contributed by atoms with van der Waals surface area (Å²) in [6.07, 6.45) is 1.81. The molecule has 0 spiro atoms. The van der Waals surface area contributed by atoms with Crippen LogP contribution in [0.1, 0.15) is 77.1 Å². The van der Waals surface area contributed by atoms with Crippen LogP contribution in [0.5, 0.6) is 0 Å². The molecule has 0 bridgehead atoms. The second kappa shape index (κ2) is 17.1. The molecule has 0 aliphatic heterocycles. The van der Waals surface area contributed by atoms with Crippen molar-refractivity contribution in [2.45, 2.75) is 65.7 Å². The smallest absolute Gasteiger partial charge is 0.136 e. The number of imidazole rings is 1. The van der Waals surface area contributed by atoms with E-state index in [1.807, 2.05) is 60.8 Å². The molecule has 1 radical (unpaired) electrons. The summed E-state index contributed by atoms with van der Waals surface area (Å²) in [6.45, 7) is 15.6. The molecule has 4 aromatic heterocycles. The first-order chi connectivity index (χ1) is 30.5. The minimum atomic E-state index is 0. The van der Waals surface area contributed by atoms with Gasteiger partial charge in [-0.15, -0.1) is 54.1 Å². The van der Waals surface area contributed by atoms with Gasteiger partial charge in [-0.05, 0) is 82.6 Å². The summed E-state index contributed by atoms with van der Waals surface area (Å²) >= 11 is 0. The SMILES string of the molecule is CC(C)(C)c1ccnc(-c2[c-]cccc2)n1.CC(C)c1cc(-c2ccccc2)cc(C(C)C)c1-n1c(-c2[c-]ccc3c2oc2cc4c(cc23)oc2ccccc24)nc2ccccc21.[Ir]. The summed E-state index contributed by atoms with van der Waals surface area (Å²) in [4.78, 5) is 14.2. The molecule has 0 fully saturated rings.